The predicted octanol–water partition coefficient (Wildman–Crippen LogP) is -2.08. The quantitative estimate of drug-likeness (QED) is 0.439. The van der Waals surface area contributed by atoms with Crippen LogP contribution in [0.1, 0.15) is 0 Å². The third kappa shape index (κ3) is 2.68. The molecule has 0 aromatic carbocycles. The summed E-state index contributed by atoms with van der Waals surface area (Å²) in [6.45, 7) is 0. The molecule has 0 aliphatic rings. The van der Waals surface area contributed by atoms with E-state index >= 15 is 0 Å². The van der Waals surface area contributed by atoms with Crippen molar-refractivity contribution in [3.05, 3.63) is 0 Å². The third-order valence-electron chi connectivity index (χ3n) is 1.57. The van der Waals surface area contributed by atoms with Crippen molar-refractivity contribution < 1.29 is 16.2 Å². The van der Waals surface area contributed by atoms with Crippen LogP contribution in [0.4, 0.5) is 0 Å². The standard InChI is InChI=1S/6CN.Fe.3K.2O.3H/c6*1-2;;;;;;;;;. The molecule has 0 heterocycles. The number of nitriles is 6. The Bertz CT molecular complexity index is 736. The van der Waals surface area contributed by atoms with E-state index < -0.39 is 8.49 Å². The van der Waals surface area contributed by atoms with Crippen LogP contribution in [-0.2, 0) is 16.2 Å². The van der Waals surface area contributed by atoms with Crippen LogP contribution in [0.2, 0.25) is 0 Å². The molecule has 0 rings (SSSR count). The first-order chi connectivity index (χ1) is 6.45. The topological polar surface area (TPSA) is 177 Å². The monoisotopic (exact) mass is 364 g/mol. The van der Waals surface area contributed by atoms with Crippen molar-refractivity contribution in [1.82, 2.24) is 0 Å². The van der Waals surface area contributed by atoms with Crippen molar-refractivity contribution in [2.45, 2.75) is 0 Å². The molecule has 0 spiro atoms. The van der Waals surface area contributed by atoms with Gasteiger partial charge in [0, 0.05) is 0 Å². The van der Waals surface area contributed by atoms with Gasteiger partial charge in [0.15, 0.2) is 0 Å². The minimum absolute atomic E-state index is 0. The van der Waals surface area contributed by atoms with Crippen molar-refractivity contribution in [3.63, 3.8) is 0 Å². The van der Waals surface area contributed by atoms with Crippen LogP contribution >= 0.6 is 0 Å². The van der Waals surface area contributed by atoms with Gasteiger partial charge < -0.3 is 0 Å². The van der Waals surface area contributed by atoms with Crippen molar-refractivity contribution in [3.8, 4) is 29.8 Å². The fraction of sp³-hybridized carbons (Fsp3) is 0. The second-order valence-electron chi connectivity index (χ2n) is 2.73. The van der Waals surface area contributed by atoms with E-state index in [4.69, 9.17) is 31.6 Å². The maximum atomic E-state index is 12.0. The molecule has 12 heteroatoms. The maximum absolute atomic E-state index is 12.0. The second kappa shape index (κ2) is 4.73. The summed E-state index contributed by atoms with van der Waals surface area (Å²) in [5.74, 6) is 0. The first kappa shape index (κ1) is 28.2. The number of hydrogen-bond donors (Lipinski definition) is 0. The second-order valence-corrected chi connectivity index (χ2v) is 11.2. The van der Waals surface area contributed by atoms with Gasteiger partial charge in [-0.1, -0.05) is 0 Å². The summed E-state index contributed by atoms with van der Waals surface area (Å²) < 4.78 is 24.1. The molecule has 0 fully saturated rings. The molecule has 0 saturated carbocycles. The van der Waals surface area contributed by atoms with Crippen LogP contribution < -0.4 is 0 Å². The SMILES string of the molecule is N#[C][Fe](=[O])(=[O])([C]#N)([C]#N)([C]#N)([C]#N)[C]#N.[KH].[KH].[KH]. The number of nitrogens with zero attached hydrogens (tertiary/aromatic N) is 6. The average Bonchev–Trinajstić information content (AvgIpc) is 2.33. The van der Waals surface area contributed by atoms with E-state index in [2.05, 4.69) is 0 Å². The minimum atomic E-state index is -9.88. The zero-order chi connectivity index (χ0) is 12.6. The van der Waals surface area contributed by atoms with E-state index in [1.165, 1.54) is 0 Å². The first-order valence-corrected chi connectivity index (χ1v) is 6.91. The molecular weight excluding hydrogens is 361 g/mol. The summed E-state index contributed by atoms with van der Waals surface area (Å²) >= 11 is 0. The molecule has 0 unspecified atom stereocenters. The van der Waals surface area contributed by atoms with Gasteiger partial charge in [-0.15, -0.1) is 0 Å². The molecule has 0 bridgehead atoms. The zero-order valence-corrected chi connectivity index (χ0v) is 7.96. The van der Waals surface area contributed by atoms with Gasteiger partial charge in [-0.05, 0) is 0 Å². The summed E-state index contributed by atoms with van der Waals surface area (Å²) in [6, 6.07) is 0. The Morgan fingerprint density at radius 1 is 0.500 bits per heavy atom. The van der Waals surface area contributed by atoms with Gasteiger partial charge in [-0.25, -0.2) is 0 Å². The van der Waals surface area contributed by atoms with Gasteiger partial charge in [0.25, 0.3) is 0 Å². The molecule has 0 aliphatic carbocycles. The van der Waals surface area contributed by atoms with E-state index in [0.29, 0.717) is 0 Å². The van der Waals surface area contributed by atoms with E-state index in [-0.39, 0.29) is 184 Å². The van der Waals surface area contributed by atoms with Gasteiger partial charge in [-0.2, -0.15) is 0 Å². The summed E-state index contributed by atoms with van der Waals surface area (Å²) in [7, 11) is -9.88. The van der Waals surface area contributed by atoms with Crippen LogP contribution in [0.3, 0.4) is 0 Å². The van der Waals surface area contributed by atoms with E-state index in [1.54, 1.807) is 0 Å². The Labute approximate surface area is 225 Å². The van der Waals surface area contributed by atoms with Gasteiger partial charge in [-0.3, -0.25) is 0 Å². The molecule has 18 heavy (non-hydrogen) atoms. The molecule has 0 aliphatic heterocycles. The van der Waals surface area contributed by atoms with E-state index in [9.17, 15) is 7.67 Å². The predicted molar refractivity (Wildman–Crippen MR) is 56.5 cm³/mol. The van der Waals surface area contributed by atoms with Crippen molar-refractivity contribution in [2.24, 2.45) is 0 Å². The fourth-order valence-corrected chi connectivity index (χ4v) is 1.09. The van der Waals surface area contributed by atoms with Crippen LogP contribution in [0.25, 0.3) is 0 Å². The first-order valence-electron chi connectivity index (χ1n) is 2.69. The normalized spacial score (nSPS) is 16.1. The third-order valence-corrected chi connectivity index (χ3v) is 6.49. The zero-order valence-electron chi connectivity index (χ0n) is 6.85. The van der Waals surface area contributed by atoms with Crippen molar-refractivity contribution >= 4 is 154 Å². The molecule has 0 N–H and O–H groups in total. The summed E-state index contributed by atoms with van der Waals surface area (Å²) in [5.41, 5.74) is 0. The van der Waals surface area contributed by atoms with E-state index in [0.717, 1.165) is 0 Å². The van der Waals surface area contributed by atoms with Crippen LogP contribution in [0.15, 0.2) is 0 Å². The van der Waals surface area contributed by atoms with Crippen molar-refractivity contribution in [1.29, 1.82) is 31.6 Å². The van der Waals surface area contributed by atoms with E-state index in [1.807, 2.05) is 0 Å². The molecule has 0 saturated heterocycles. The van der Waals surface area contributed by atoms with Gasteiger partial charge in [0.1, 0.15) is 0 Å². The molecule has 8 nitrogen and oxygen atoms in total. The summed E-state index contributed by atoms with van der Waals surface area (Å²) in [5, 5.41) is 50.8. The number of rotatable bonds is 0. The molecule has 0 radical (unpaired) electrons. The van der Waals surface area contributed by atoms with Crippen LogP contribution in [0, 0.1) is 61.4 Å². The van der Waals surface area contributed by atoms with Gasteiger partial charge >= 0.3 is 232 Å². The Morgan fingerprint density at radius 3 is 0.611 bits per heavy atom. The van der Waals surface area contributed by atoms with Crippen LogP contribution in [0.5, 0.6) is 0 Å². The molecule has 0 aromatic rings. The van der Waals surface area contributed by atoms with Gasteiger partial charge in [0.05, 0.1) is 0 Å². The Hall–Kier alpha value is 1.97. The summed E-state index contributed by atoms with van der Waals surface area (Å²) in [4.78, 5) is 0.375. The van der Waals surface area contributed by atoms with Crippen molar-refractivity contribution in [2.75, 3.05) is 0 Å². The Kier molecular flexibility index (Phi) is 7.41. The molecule has 0 atom stereocenters. The summed E-state index contributed by atoms with van der Waals surface area (Å²) in [6.07, 6.45) is 0. The molecule has 80 valence electrons. The molecule has 0 aromatic heterocycles. The number of hydrogen-bond acceptors (Lipinski definition) is 8. The Morgan fingerprint density at radius 2 is 0.611 bits per heavy atom. The molecular formula is C6H3FeK3N6O2. The Balaban J connectivity index is -0.000000327. The fourth-order valence-electron chi connectivity index (χ4n) is 0.265. The van der Waals surface area contributed by atoms with Crippen LogP contribution in [-0.4, -0.2) is 154 Å². The van der Waals surface area contributed by atoms with Gasteiger partial charge in [0.2, 0.25) is 0 Å². The average molecular weight is 364 g/mol. The molecule has 0 amide bonds.